The zero-order valence-corrected chi connectivity index (χ0v) is 25.4. The molecule has 226 valence electrons. The molecule has 2 fully saturated rings. The summed E-state index contributed by atoms with van der Waals surface area (Å²) < 4.78 is 4.96. The first-order valence-electron chi connectivity index (χ1n) is 13.6. The van der Waals surface area contributed by atoms with Crippen LogP contribution in [0.4, 0.5) is 11.6 Å². The van der Waals surface area contributed by atoms with E-state index in [4.69, 9.17) is 16.6 Å². The quantitative estimate of drug-likeness (QED) is 0.110. The lowest BCUT2D eigenvalue weighted by atomic mass is 10.0. The fraction of sp³-hybridized carbons (Fsp3) is 0.393. The van der Waals surface area contributed by atoms with Crippen LogP contribution in [0, 0.1) is 18.8 Å². The first-order chi connectivity index (χ1) is 20.4. The number of aliphatic hydroxyl groups is 3. The minimum absolute atomic E-state index is 0.116. The number of halogens is 1. The second kappa shape index (κ2) is 10.8. The Kier molecular flexibility index (Phi) is 7.37. The molecule has 4 aromatic rings. The molecule has 3 aromatic heterocycles. The fourth-order valence-corrected chi connectivity index (χ4v) is 6.57. The van der Waals surface area contributed by atoms with Crippen molar-refractivity contribution in [1.82, 2.24) is 29.0 Å². The Balaban J connectivity index is 1.30. The van der Waals surface area contributed by atoms with Gasteiger partial charge in [0.2, 0.25) is 5.95 Å². The van der Waals surface area contributed by atoms with Crippen LogP contribution in [0.2, 0.25) is 5.15 Å². The molecule has 43 heavy (non-hydrogen) atoms. The Bertz CT molecular complexity index is 1790. The largest absolute Gasteiger partial charge is 0.389 e. The molecule has 3 atom stereocenters. The molecule has 13 nitrogen and oxygen atoms in total. The third-order valence-electron chi connectivity index (χ3n) is 8.18. The first-order valence-corrected chi connectivity index (χ1v) is 15.2. The number of rotatable bonds is 8. The molecule has 2 aliphatic rings. The second-order valence-corrected chi connectivity index (χ2v) is 12.1. The number of benzene rings is 1. The summed E-state index contributed by atoms with van der Waals surface area (Å²) in [6, 6.07) is 8.46. The number of pyridine rings is 1. The molecule has 15 heteroatoms. The number of aromatic nitrogens is 5. The summed E-state index contributed by atoms with van der Waals surface area (Å²) in [5.74, 6) is 0.796. The van der Waals surface area contributed by atoms with Crippen LogP contribution >= 0.6 is 23.5 Å². The highest BCUT2D eigenvalue weighted by Gasteiger charge is 2.58. The molecule has 1 saturated heterocycles. The predicted molar refractivity (Wildman–Crippen MR) is 163 cm³/mol. The van der Waals surface area contributed by atoms with Crippen LogP contribution in [-0.2, 0) is 13.1 Å². The summed E-state index contributed by atoms with van der Waals surface area (Å²) in [7, 11) is 1.72. The van der Waals surface area contributed by atoms with Gasteiger partial charge in [0.1, 0.15) is 5.15 Å². The zero-order chi connectivity index (χ0) is 30.8. The minimum atomic E-state index is -3.05. The van der Waals surface area contributed by atoms with E-state index >= 15 is 0 Å². The van der Waals surface area contributed by atoms with Gasteiger partial charge in [-0.3, -0.25) is 18.9 Å². The summed E-state index contributed by atoms with van der Waals surface area (Å²) in [5.41, 5.74) is 3.45. The highest BCUT2D eigenvalue weighted by molar-refractivity contribution is 7.97. The van der Waals surface area contributed by atoms with E-state index in [2.05, 4.69) is 25.0 Å². The van der Waals surface area contributed by atoms with Crippen molar-refractivity contribution < 1.29 is 20.1 Å². The van der Waals surface area contributed by atoms with Crippen molar-refractivity contribution in [2.45, 2.75) is 31.9 Å². The number of hydrogen-bond donors (Lipinski definition) is 5. The number of nitrogens with one attached hydrogen (secondary N) is 2. The molecule has 1 saturated carbocycles. The number of aryl methyl sites for hydroxylation is 1. The van der Waals surface area contributed by atoms with Crippen LogP contribution in [0.1, 0.15) is 46.2 Å². The van der Waals surface area contributed by atoms with Gasteiger partial charge in [0, 0.05) is 44.1 Å². The van der Waals surface area contributed by atoms with E-state index in [0.717, 1.165) is 23.1 Å². The second-order valence-electron chi connectivity index (χ2n) is 11.1. The summed E-state index contributed by atoms with van der Waals surface area (Å²) >= 11 is 7.25. The monoisotopic (exact) mass is 626 g/mol. The summed E-state index contributed by atoms with van der Waals surface area (Å²) in [6.07, 6.45) is 0.0226. The number of carbonyl (C=O) groups is 1. The lowest BCUT2D eigenvalue weighted by Crippen LogP contribution is -2.33. The Labute approximate surface area is 255 Å². The van der Waals surface area contributed by atoms with Crippen LogP contribution < -0.4 is 20.5 Å². The molecule has 4 heterocycles. The number of amides is 1. The van der Waals surface area contributed by atoms with Gasteiger partial charge in [-0.15, -0.1) is 0 Å². The van der Waals surface area contributed by atoms with Crippen molar-refractivity contribution in [1.29, 1.82) is 0 Å². The maximum absolute atomic E-state index is 13.6. The summed E-state index contributed by atoms with van der Waals surface area (Å²) in [5, 5.41) is 36.4. The normalized spacial score (nSPS) is 20.3. The van der Waals surface area contributed by atoms with E-state index in [-0.39, 0.29) is 46.1 Å². The van der Waals surface area contributed by atoms with Crippen molar-refractivity contribution in [3.05, 3.63) is 74.6 Å². The average Bonchev–Trinajstić information content (AvgIpc) is 3.29. The minimum Gasteiger partial charge on any atom is -0.377 e. The highest BCUT2D eigenvalue weighted by Crippen LogP contribution is 2.58. The maximum Gasteiger partial charge on any atom is 0.389 e. The molecule has 3 unspecified atom stereocenters. The fourth-order valence-electron chi connectivity index (χ4n) is 6.14. The SMILES string of the molecule is CSNC(=O)c1nc(Cl)ccc1NC(C)c1cc(C)cc2c(=O)n(C)c(N3CC4C(C3)C4c3ccn(C(O)(O)O)n3)nc12. The van der Waals surface area contributed by atoms with E-state index < -0.39 is 6.10 Å². The standard InChI is InChI=1S/C28H31ClN8O5S/c1-13-9-15(14(2)30-20-5-6-21(29)31-24(20)25(38)34-43-4)23-16(10-13)26(39)35(3)27(32-23)36-11-17-18(12-36)22(17)19-7-8-37(33-19)28(40,41)42/h5-10,14,17-18,22,30,40-42H,11-12H2,1-4H3,(H,34,38). The van der Waals surface area contributed by atoms with E-state index in [1.165, 1.54) is 6.20 Å². The predicted octanol–water partition coefficient (Wildman–Crippen LogP) is 2.06. The van der Waals surface area contributed by atoms with Gasteiger partial charge >= 0.3 is 6.10 Å². The molecule has 0 bridgehead atoms. The van der Waals surface area contributed by atoms with E-state index in [9.17, 15) is 24.9 Å². The van der Waals surface area contributed by atoms with E-state index in [0.29, 0.717) is 46.0 Å². The van der Waals surface area contributed by atoms with E-state index in [1.807, 2.05) is 26.0 Å². The topological polar surface area (TPSA) is 171 Å². The molecule has 6 rings (SSSR count). The lowest BCUT2D eigenvalue weighted by molar-refractivity contribution is -0.381. The third kappa shape index (κ3) is 5.33. The van der Waals surface area contributed by atoms with Gasteiger partial charge in [-0.1, -0.05) is 29.6 Å². The van der Waals surface area contributed by atoms with Gasteiger partial charge in [0.05, 0.1) is 28.3 Å². The molecule has 1 aliphatic heterocycles. The molecule has 0 radical (unpaired) electrons. The van der Waals surface area contributed by atoms with Crippen LogP contribution in [0.3, 0.4) is 0 Å². The Morgan fingerprint density at radius 1 is 1.16 bits per heavy atom. The third-order valence-corrected chi connectivity index (χ3v) is 8.78. The number of fused-ring (bicyclic) bond motifs is 2. The Morgan fingerprint density at radius 2 is 1.88 bits per heavy atom. The van der Waals surface area contributed by atoms with Crippen molar-refractivity contribution in [2.24, 2.45) is 18.9 Å². The maximum atomic E-state index is 13.6. The molecule has 5 N–H and O–H groups in total. The number of piperidine rings is 1. The summed E-state index contributed by atoms with van der Waals surface area (Å²) in [4.78, 5) is 37.6. The lowest BCUT2D eigenvalue weighted by Gasteiger charge is -2.25. The van der Waals surface area contributed by atoms with Gasteiger partial charge in [-0.05, 0) is 55.5 Å². The van der Waals surface area contributed by atoms with Gasteiger partial charge in [0.25, 0.3) is 11.5 Å². The molecular weight excluding hydrogens is 596 g/mol. The molecular formula is C28H31ClN8O5S. The number of carbonyl (C=O) groups excluding carboxylic acids is 1. The van der Waals surface area contributed by atoms with Gasteiger partial charge in [-0.2, -0.15) is 9.78 Å². The van der Waals surface area contributed by atoms with Gasteiger partial charge in [-0.25, -0.2) is 9.97 Å². The average molecular weight is 627 g/mol. The smallest absolute Gasteiger partial charge is 0.377 e. The van der Waals surface area contributed by atoms with Crippen molar-refractivity contribution >= 4 is 52.0 Å². The molecule has 1 aliphatic carbocycles. The number of anilines is 2. The Hall–Kier alpha value is -3.69. The van der Waals surface area contributed by atoms with E-state index in [1.54, 1.807) is 36.1 Å². The molecule has 0 spiro atoms. The first kappa shape index (κ1) is 29.4. The highest BCUT2D eigenvalue weighted by atomic mass is 35.5. The number of nitrogens with zero attached hydrogens (tertiary/aromatic N) is 6. The molecule has 1 aromatic carbocycles. The van der Waals surface area contributed by atoms with Crippen molar-refractivity contribution in [3.8, 4) is 0 Å². The van der Waals surface area contributed by atoms with Crippen molar-refractivity contribution in [3.63, 3.8) is 0 Å². The van der Waals surface area contributed by atoms with Gasteiger partial charge in [0.15, 0.2) is 5.69 Å². The molecule has 1 amide bonds. The van der Waals surface area contributed by atoms with Crippen LogP contribution in [0.25, 0.3) is 10.9 Å². The number of hydrogen-bond acceptors (Lipinski definition) is 11. The van der Waals surface area contributed by atoms with Crippen molar-refractivity contribution in [2.75, 3.05) is 29.6 Å². The van der Waals surface area contributed by atoms with Crippen LogP contribution in [0.15, 0.2) is 41.3 Å². The summed E-state index contributed by atoms with van der Waals surface area (Å²) in [6.45, 7) is 5.16. The zero-order valence-electron chi connectivity index (χ0n) is 23.8. The van der Waals surface area contributed by atoms with Crippen LogP contribution in [-0.4, -0.2) is 64.9 Å². The Morgan fingerprint density at radius 3 is 2.53 bits per heavy atom. The van der Waals surface area contributed by atoms with Gasteiger partial charge < -0.3 is 25.5 Å². The van der Waals surface area contributed by atoms with Crippen LogP contribution in [0.5, 0.6) is 0 Å².